The van der Waals surface area contributed by atoms with Crippen molar-refractivity contribution in [3.63, 3.8) is 0 Å². The molecular formula is C14H18N2O2. The molecule has 2 heterocycles. The second kappa shape index (κ2) is 5.08. The number of benzene rings is 1. The van der Waals surface area contributed by atoms with Gasteiger partial charge in [0.25, 0.3) is 5.91 Å². The number of hydroxylamine groups is 2. The van der Waals surface area contributed by atoms with Gasteiger partial charge in [-0.2, -0.15) is 0 Å². The first-order valence-electron chi connectivity index (χ1n) is 6.54. The first kappa shape index (κ1) is 11.7. The van der Waals surface area contributed by atoms with Crippen LogP contribution in [-0.2, 0) is 16.2 Å². The lowest BCUT2D eigenvalue weighted by atomic mass is 10.0. The minimum absolute atomic E-state index is 0.0990. The molecule has 1 aromatic rings. The largest absolute Gasteiger partial charge is 0.292 e. The van der Waals surface area contributed by atoms with Gasteiger partial charge >= 0.3 is 0 Å². The average Bonchev–Trinajstić information content (AvgIpc) is 2.39. The van der Waals surface area contributed by atoms with E-state index in [4.69, 9.17) is 4.84 Å². The first-order chi connectivity index (χ1) is 8.83. The fourth-order valence-electron chi connectivity index (χ4n) is 2.73. The minimum Gasteiger partial charge on any atom is -0.292 e. The third-order valence-electron chi connectivity index (χ3n) is 3.63. The van der Waals surface area contributed by atoms with Crippen molar-refractivity contribution < 1.29 is 9.63 Å². The quantitative estimate of drug-likeness (QED) is 0.808. The Balaban J connectivity index is 1.63. The molecule has 0 spiro atoms. The number of amides is 1. The molecule has 3 rings (SSSR count). The molecular weight excluding hydrogens is 228 g/mol. The summed E-state index contributed by atoms with van der Waals surface area (Å²) in [6.45, 7) is 2.99. The van der Waals surface area contributed by atoms with Crippen LogP contribution < -0.4 is 0 Å². The fraction of sp³-hybridized carbons (Fsp3) is 0.500. The Morgan fingerprint density at radius 3 is 2.94 bits per heavy atom. The molecule has 2 fully saturated rings. The highest BCUT2D eigenvalue weighted by Gasteiger charge is 2.35. The third kappa shape index (κ3) is 2.40. The topological polar surface area (TPSA) is 32.8 Å². The number of rotatable bonds is 3. The zero-order valence-electron chi connectivity index (χ0n) is 10.4. The number of piperazine rings is 1. The molecule has 2 bridgehead atoms. The standard InChI is InChI=1S/C14H18N2O2/c17-14-10-15-8-4-7-13(9-15)16(14)18-11-12-5-2-1-3-6-12/h1-3,5-6,13H,4,7-11H2. The van der Waals surface area contributed by atoms with Crippen LogP contribution in [0.4, 0.5) is 0 Å². The maximum atomic E-state index is 12.0. The van der Waals surface area contributed by atoms with Crippen LogP contribution in [0.3, 0.4) is 0 Å². The van der Waals surface area contributed by atoms with E-state index in [1.165, 1.54) is 0 Å². The smallest absolute Gasteiger partial charge is 0.260 e. The van der Waals surface area contributed by atoms with Crippen LogP contribution in [0.2, 0.25) is 0 Å². The second-order valence-corrected chi connectivity index (χ2v) is 5.01. The van der Waals surface area contributed by atoms with Gasteiger partial charge in [0.05, 0.1) is 12.6 Å². The van der Waals surface area contributed by atoms with Crippen LogP contribution >= 0.6 is 0 Å². The van der Waals surface area contributed by atoms with Gasteiger partial charge in [-0.05, 0) is 24.9 Å². The number of fused-ring (bicyclic) bond motifs is 2. The number of hydrogen-bond donors (Lipinski definition) is 0. The zero-order chi connectivity index (χ0) is 12.4. The summed E-state index contributed by atoms with van der Waals surface area (Å²) in [6.07, 6.45) is 2.21. The molecule has 96 valence electrons. The predicted octanol–water partition coefficient (Wildman–Crippen LogP) is 1.42. The Morgan fingerprint density at radius 2 is 2.11 bits per heavy atom. The van der Waals surface area contributed by atoms with Gasteiger partial charge in [0.2, 0.25) is 0 Å². The molecule has 2 aliphatic heterocycles. The molecule has 0 N–H and O–H groups in total. The normalized spacial score (nSPS) is 27.3. The molecule has 2 aliphatic rings. The molecule has 0 aliphatic carbocycles. The van der Waals surface area contributed by atoms with Crippen molar-refractivity contribution in [1.82, 2.24) is 9.96 Å². The highest BCUT2D eigenvalue weighted by molar-refractivity contribution is 5.78. The average molecular weight is 246 g/mol. The van der Waals surface area contributed by atoms with Crippen molar-refractivity contribution in [3.05, 3.63) is 35.9 Å². The van der Waals surface area contributed by atoms with Gasteiger partial charge in [0.15, 0.2) is 0 Å². The molecule has 4 heteroatoms. The van der Waals surface area contributed by atoms with Crippen molar-refractivity contribution in [2.75, 3.05) is 19.6 Å². The number of piperidine rings is 1. The Bertz CT molecular complexity index is 421. The summed E-state index contributed by atoms with van der Waals surface area (Å²) in [5.74, 6) is 0.0990. The second-order valence-electron chi connectivity index (χ2n) is 5.01. The lowest BCUT2D eigenvalue weighted by Gasteiger charge is -2.43. The number of nitrogens with zero attached hydrogens (tertiary/aromatic N) is 2. The lowest BCUT2D eigenvalue weighted by Crippen LogP contribution is -2.58. The van der Waals surface area contributed by atoms with Gasteiger partial charge in [-0.25, -0.2) is 5.06 Å². The molecule has 18 heavy (non-hydrogen) atoms. The van der Waals surface area contributed by atoms with Gasteiger partial charge in [0, 0.05) is 6.54 Å². The summed E-state index contributed by atoms with van der Waals surface area (Å²) in [4.78, 5) is 19.9. The summed E-state index contributed by atoms with van der Waals surface area (Å²) in [7, 11) is 0. The van der Waals surface area contributed by atoms with Gasteiger partial charge in [-0.15, -0.1) is 0 Å². The maximum Gasteiger partial charge on any atom is 0.260 e. The summed E-state index contributed by atoms with van der Waals surface area (Å²) in [5, 5.41) is 1.61. The number of carbonyl (C=O) groups excluding carboxylic acids is 1. The van der Waals surface area contributed by atoms with E-state index < -0.39 is 0 Å². The summed E-state index contributed by atoms with van der Waals surface area (Å²) < 4.78 is 0. The number of carbonyl (C=O) groups is 1. The Labute approximate surface area is 107 Å². The SMILES string of the molecule is O=C1CN2CCCC(C2)N1OCc1ccccc1. The lowest BCUT2D eigenvalue weighted by molar-refractivity contribution is -0.222. The highest BCUT2D eigenvalue weighted by atomic mass is 16.7. The van der Waals surface area contributed by atoms with Gasteiger partial charge in [-0.1, -0.05) is 30.3 Å². The van der Waals surface area contributed by atoms with Gasteiger partial charge < -0.3 is 0 Å². The molecule has 2 saturated heterocycles. The van der Waals surface area contributed by atoms with Crippen molar-refractivity contribution in [3.8, 4) is 0 Å². The molecule has 0 radical (unpaired) electrons. The van der Waals surface area contributed by atoms with Crippen LogP contribution in [0.15, 0.2) is 30.3 Å². The Morgan fingerprint density at radius 1 is 1.28 bits per heavy atom. The van der Waals surface area contributed by atoms with Crippen LogP contribution in [0.1, 0.15) is 18.4 Å². The van der Waals surface area contributed by atoms with E-state index in [0.717, 1.165) is 31.5 Å². The summed E-state index contributed by atoms with van der Waals surface area (Å²) in [6, 6.07) is 10.2. The van der Waals surface area contributed by atoms with Crippen LogP contribution in [0, 0.1) is 0 Å². The molecule has 1 aromatic carbocycles. The van der Waals surface area contributed by atoms with E-state index in [2.05, 4.69) is 4.90 Å². The van der Waals surface area contributed by atoms with Gasteiger partial charge in [0.1, 0.15) is 6.61 Å². The maximum absolute atomic E-state index is 12.0. The minimum atomic E-state index is 0.0990. The van der Waals surface area contributed by atoms with Crippen molar-refractivity contribution in [2.45, 2.75) is 25.5 Å². The Kier molecular flexibility index (Phi) is 3.30. The predicted molar refractivity (Wildman–Crippen MR) is 67.5 cm³/mol. The van der Waals surface area contributed by atoms with E-state index in [-0.39, 0.29) is 11.9 Å². The summed E-state index contributed by atoms with van der Waals surface area (Å²) in [5.41, 5.74) is 1.10. The molecule has 4 nitrogen and oxygen atoms in total. The van der Waals surface area contributed by atoms with Crippen LogP contribution in [0.5, 0.6) is 0 Å². The van der Waals surface area contributed by atoms with Crippen molar-refractivity contribution in [2.24, 2.45) is 0 Å². The van der Waals surface area contributed by atoms with Crippen molar-refractivity contribution in [1.29, 1.82) is 0 Å². The molecule has 0 aromatic heterocycles. The Hall–Kier alpha value is -1.39. The van der Waals surface area contributed by atoms with Gasteiger partial charge in [-0.3, -0.25) is 14.5 Å². The zero-order valence-corrected chi connectivity index (χ0v) is 10.4. The van der Waals surface area contributed by atoms with Crippen LogP contribution in [-0.4, -0.2) is 41.5 Å². The first-order valence-corrected chi connectivity index (χ1v) is 6.54. The van der Waals surface area contributed by atoms with E-state index in [9.17, 15) is 4.79 Å². The highest BCUT2D eigenvalue weighted by Crippen LogP contribution is 2.22. The molecule has 2 unspecified atom stereocenters. The van der Waals surface area contributed by atoms with Crippen LogP contribution in [0.25, 0.3) is 0 Å². The number of hydrogen-bond acceptors (Lipinski definition) is 3. The monoisotopic (exact) mass is 246 g/mol. The van der Waals surface area contributed by atoms with Crippen molar-refractivity contribution >= 4 is 5.91 Å². The molecule has 0 saturated carbocycles. The summed E-state index contributed by atoms with van der Waals surface area (Å²) >= 11 is 0. The fourth-order valence-corrected chi connectivity index (χ4v) is 2.73. The van der Waals surface area contributed by atoms with E-state index in [1.54, 1.807) is 5.06 Å². The van der Waals surface area contributed by atoms with E-state index >= 15 is 0 Å². The molecule has 1 amide bonds. The van der Waals surface area contributed by atoms with E-state index in [0.29, 0.717) is 13.2 Å². The molecule has 2 atom stereocenters. The van der Waals surface area contributed by atoms with E-state index in [1.807, 2.05) is 30.3 Å². The third-order valence-corrected chi connectivity index (χ3v) is 3.63.